The van der Waals surface area contributed by atoms with Crippen molar-refractivity contribution in [3.8, 4) is 5.75 Å². The Labute approximate surface area is 193 Å². The first-order chi connectivity index (χ1) is 16.2. The third-order valence-electron chi connectivity index (χ3n) is 5.54. The first kappa shape index (κ1) is 22.9. The lowest BCUT2D eigenvalue weighted by atomic mass is 10.1. The van der Waals surface area contributed by atoms with Crippen LogP contribution in [-0.2, 0) is 19.1 Å². The minimum Gasteiger partial charge on any atom is -0.484 e. The van der Waals surface area contributed by atoms with Crippen LogP contribution in [0.1, 0.15) is 0 Å². The van der Waals surface area contributed by atoms with E-state index in [1.54, 1.807) is 12.1 Å². The maximum Gasteiger partial charge on any atom is 0.258 e. The van der Waals surface area contributed by atoms with Gasteiger partial charge in [0.05, 0.1) is 44.3 Å². The molecule has 9 nitrogen and oxygen atoms in total. The Morgan fingerprint density at radius 3 is 2.21 bits per heavy atom. The highest BCUT2D eigenvalue weighted by Gasteiger charge is 2.19. The highest BCUT2D eigenvalue weighted by atomic mass is 16.5. The summed E-state index contributed by atoms with van der Waals surface area (Å²) in [6.07, 6.45) is 0. The molecule has 4 rings (SSSR count). The van der Waals surface area contributed by atoms with E-state index in [2.05, 4.69) is 26.5 Å². The number of anilines is 3. The lowest BCUT2D eigenvalue weighted by Crippen LogP contribution is -2.39. The molecule has 2 saturated heterocycles. The Balaban J connectivity index is 1.36. The van der Waals surface area contributed by atoms with E-state index in [1.807, 2.05) is 30.3 Å². The summed E-state index contributed by atoms with van der Waals surface area (Å²) in [6.45, 7) is 5.61. The van der Waals surface area contributed by atoms with Crippen LogP contribution in [0.4, 0.5) is 17.1 Å². The second-order valence-corrected chi connectivity index (χ2v) is 7.83. The quantitative estimate of drug-likeness (QED) is 0.624. The first-order valence-electron chi connectivity index (χ1n) is 11.2. The Kier molecular flexibility index (Phi) is 7.99. The van der Waals surface area contributed by atoms with Crippen LogP contribution in [0.2, 0.25) is 0 Å². The SMILES string of the molecule is O=C(COc1ccccc1)NCC(=O)Nc1ccc(N2CCOCC2)cc1N1CCOCC1. The fourth-order valence-electron chi connectivity index (χ4n) is 3.80. The number of nitrogens with one attached hydrogen (secondary N) is 2. The van der Waals surface area contributed by atoms with Gasteiger partial charge < -0.3 is 34.6 Å². The molecule has 176 valence electrons. The van der Waals surface area contributed by atoms with Crippen LogP contribution in [0.5, 0.6) is 5.75 Å². The zero-order valence-electron chi connectivity index (χ0n) is 18.6. The number of para-hydroxylation sites is 1. The highest BCUT2D eigenvalue weighted by molar-refractivity contribution is 5.98. The maximum absolute atomic E-state index is 12.6. The molecular weight excluding hydrogens is 424 g/mol. The smallest absolute Gasteiger partial charge is 0.258 e. The van der Waals surface area contributed by atoms with Gasteiger partial charge in [-0.15, -0.1) is 0 Å². The molecule has 9 heteroatoms. The van der Waals surface area contributed by atoms with E-state index < -0.39 is 0 Å². The second kappa shape index (κ2) is 11.5. The molecule has 2 amide bonds. The van der Waals surface area contributed by atoms with Crippen molar-refractivity contribution >= 4 is 28.9 Å². The van der Waals surface area contributed by atoms with Gasteiger partial charge in [0.1, 0.15) is 5.75 Å². The molecule has 2 aromatic rings. The predicted molar refractivity (Wildman–Crippen MR) is 126 cm³/mol. The van der Waals surface area contributed by atoms with Gasteiger partial charge in [-0.25, -0.2) is 0 Å². The molecule has 2 fully saturated rings. The molecule has 2 aliphatic heterocycles. The molecule has 0 atom stereocenters. The summed E-state index contributed by atoms with van der Waals surface area (Å²) < 4.78 is 16.4. The summed E-state index contributed by atoms with van der Waals surface area (Å²) in [6, 6.07) is 15.1. The maximum atomic E-state index is 12.6. The molecule has 33 heavy (non-hydrogen) atoms. The number of rotatable bonds is 8. The van der Waals surface area contributed by atoms with Gasteiger partial charge in [0.25, 0.3) is 5.91 Å². The molecule has 0 aliphatic carbocycles. The van der Waals surface area contributed by atoms with E-state index in [4.69, 9.17) is 14.2 Å². The lowest BCUT2D eigenvalue weighted by molar-refractivity contribution is -0.125. The third-order valence-corrected chi connectivity index (χ3v) is 5.54. The molecule has 2 aromatic carbocycles. The topological polar surface area (TPSA) is 92.4 Å². The summed E-state index contributed by atoms with van der Waals surface area (Å²) in [7, 11) is 0. The molecule has 0 aromatic heterocycles. The molecule has 0 bridgehead atoms. The Morgan fingerprint density at radius 1 is 0.848 bits per heavy atom. The lowest BCUT2D eigenvalue weighted by Gasteiger charge is -2.33. The summed E-state index contributed by atoms with van der Waals surface area (Å²) in [5.41, 5.74) is 2.77. The zero-order valence-corrected chi connectivity index (χ0v) is 18.6. The van der Waals surface area contributed by atoms with Crippen molar-refractivity contribution in [2.75, 3.05) is 80.9 Å². The third kappa shape index (κ3) is 6.59. The van der Waals surface area contributed by atoms with Crippen molar-refractivity contribution < 1.29 is 23.8 Å². The number of hydrogen-bond donors (Lipinski definition) is 2. The predicted octanol–water partition coefficient (Wildman–Crippen LogP) is 1.49. The molecule has 0 saturated carbocycles. The van der Waals surface area contributed by atoms with E-state index in [1.165, 1.54) is 0 Å². The van der Waals surface area contributed by atoms with Gasteiger partial charge in [-0.1, -0.05) is 18.2 Å². The van der Waals surface area contributed by atoms with Crippen LogP contribution in [-0.4, -0.2) is 77.6 Å². The van der Waals surface area contributed by atoms with Crippen molar-refractivity contribution in [1.29, 1.82) is 0 Å². The monoisotopic (exact) mass is 454 g/mol. The van der Waals surface area contributed by atoms with Gasteiger partial charge in [0.2, 0.25) is 5.91 Å². The van der Waals surface area contributed by atoms with Crippen LogP contribution in [0.3, 0.4) is 0 Å². The van der Waals surface area contributed by atoms with Gasteiger partial charge in [-0.2, -0.15) is 0 Å². The fourth-order valence-corrected chi connectivity index (χ4v) is 3.80. The fraction of sp³-hybridized carbons (Fsp3) is 0.417. The standard InChI is InChI=1S/C24H30N4O5/c29-23(17-25-24(30)18-33-20-4-2-1-3-5-20)26-21-7-6-19(27-8-12-31-13-9-27)16-22(21)28-10-14-32-15-11-28/h1-7,16H,8-15,17-18H2,(H,25,30)(H,26,29). The van der Waals surface area contributed by atoms with E-state index in [9.17, 15) is 9.59 Å². The molecule has 2 aliphatic rings. The molecule has 0 radical (unpaired) electrons. The molecule has 0 unspecified atom stereocenters. The van der Waals surface area contributed by atoms with Gasteiger partial charge >= 0.3 is 0 Å². The second-order valence-electron chi connectivity index (χ2n) is 7.83. The normalized spacial score (nSPS) is 16.2. The first-order valence-corrected chi connectivity index (χ1v) is 11.2. The van der Waals surface area contributed by atoms with E-state index >= 15 is 0 Å². The van der Waals surface area contributed by atoms with Crippen LogP contribution in [0, 0.1) is 0 Å². The minimum absolute atomic E-state index is 0.134. The number of benzene rings is 2. The highest BCUT2D eigenvalue weighted by Crippen LogP contribution is 2.32. The van der Waals surface area contributed by atoms with Crippen LogP contribution >= 0.6 is 0 Å². The summed E-state index contributed by atoms with van der Waals surface area (Å²) in [5.74, 6) is -0.0469. The van der Waals surface area contributed by atoms with Crippen LogP contribution < -0.4 is 25.2 Å². The van der Waals surface area contributed by atoms with Crippen molar-refractivity contribution in [3.63, 3.8) is 0 Å². The van der Waals surface area contributed by atoms with Gasteiger partial charge in [-0.3, -0.25) is 9.59 Å². The number of carbonyl (C=O) groups is 2. The number of nitrogens with zero attached hydrogens (tertiary/aromatic N) is 2. The van der Waals surface area contributed by atoms with E-state index in [0.717, 1.165) is 37.6 Å². The van der Waals surface area contributed by atoms with Gasteiger partial charge in [-0.05, 0) is 30.3 Å². The Hall–Kier alpha value is -3.30. The average molecular weight is 455 g/mol. The molecule has 2 heterocycles. The molecular formula is C24H30N4O5. The van der Waals surface area contributed by atoms with Crippen LogP contribution in [0.15, 0.2) is 48.5 Å². The molecule has 0 spiro atoms. The summed E-state index contributed by atoms with van der Waals surface area (Å²) in [5, 5.41) is 5.55. The van der Waals surface area contributed by atoms with Crippen molar-refractivity contribution in [3.05, 3.63) is 48.5 Å². The number of hydrogen-bond acceptors (Lipinski definition) is 7. The minimum atomic E-state index is -0.356. The van der Waals surface area contributed by atoms with E-state index in [0.29, 0.717) is 37.9 Å². The Bertz CT molecular complexity index is 928. The summed E-state index contributed by atoms with van der Waals surface area (Å²) in [4.78, 5) is 29.1. The average Bonchev–Trinajstić information content (AvgIpc) is 2.88. The number of morpholine rings is 2. The van der Waals surface area contributed by atoms with Gasteiger partial charge in [0, 0.05) is 31.9 Å². The largest absolute Gasteiger partial charge is 0.484 e. The number of ether oxygens (including phenoxy) is 3. The number of carbonyl (C=O) groups excluding carboxylic acids is 2. The van der Waals surface area contributed by atoms with Gasteiger partial charge in [0.15, 0.2) is 6.61 Å². The van der Waals surface area contributed by atoms with Crippen molar-refractivity contribution in [1.82, 2.24) is 5.32 Å². The van der Waals surface area contributed by atoms with Crippen molar-refractivity contribution in [2.45, 2.75) is 0 Å². The molecule has 2 N–H and O–H groups in total. The van der Waals surface area contributed by atoms with E-state index in [-0.39, 0.29) is 25.0 Å². The zero-order chi connectivity index (χ0) is 22.9. The summed E-state index contributed by atoms with van der Waals surface area (Å²) >= 11 is 0. The Morgan fingerprint density at radius 2 is 1.52 bits per heavy atom. The van der Waals surface area contributed by atoms with Crippen LogP contribution in [0.25, 0.3) is 0 Å². The number of amides is 2. The van der Waals surface area contributed by atoms with Crippen molar-refractivity contribution in [2.24, 2.45) is 0 Å².